The minimum atomic E-state index is 0.264. The molecule has 1 heterocycles. The van der Waals surface area contributed by atoms with E-state index in [1.807, 2.05) is 24.3 Å². The van der Waals surface area contributed by atoms with Crippen LogP contribution in [0.2, 0.25) is 0 Å². The second-order valence-electron chi connectivity index (χ2n) is 5.26. The van der Waals surface area contributed by atoms with Crippen LogP contribution in [0, 0.1) is 0 Å². The van der Waals surface area contributed by atoms with Crippen molar-refractivity contribution >= 4 is 22.9 Å². The summed E-state index contributed by atoms with van der Waals surface area (Å²) >= 11 is 1.72. The van der Waals surface area contributed by atoms with Crippen molar-refractivity contribution in [1.82, 2.24) is 4.98 Å². The number of nitrogens with two attached hydrogens (primary N) is 1. The molecule has 3 rings (SSSR count). The molecule has 1 aliphatic rings. The van der Waals surface area contributed by atoms with Gasteiger partial charge in [-0.05, 0) is 25.0 Å². The summed E-state index contributed by atoms with van der Waals surface area (Å²) in [6.45, 7) is 0. The van der Waals surface area contributed by atoms with Crippen LogP contribution < -0.4 is 5.73 Å². The average molecular weight is 276 g/mol. The summed E-state index contributed by atoms with van der Waals surface area (Å²) in [6.07, 6.45) is 7.48. The summed E-state index contributed by atoms with van der Waals surface area (Å²) in [7, 11) is 0. The minimum Gasteiger partial charge on any atom is -0.431 e. The van der Waals surface area contributed by atoms with Crippen molar-refractivity contribution in [3.8, 4) is 0 Å². The van der Waals surface area contributed by atoms with Crippen LogP contribution in [-0.2, 0) is 0 Å². The first-order chi connectivity index (χ1) is 9.33. The van der Waals surface area contributed by atoms with Crippen LogP contribution in [0.15, 0.2) is 33.9 Å². The third-order valence-electron chi connectivity index (χ3n) is 3.78. The van der Waals surface area contributed by atoms with E-state index in [9.17, 15) is 0 Å². The van der Waals surface area contributed by atoms with Gasteiger partial charge in [0.25, 0.3) is 5.22 Å². The number of thioether (sulfide) groups is 1. The zero-order valence-electron chi connectivity index (χ0n) is 11.0. The fourth-order valence-electron chi connectivity index (χ4n) is 2.66. The number of para-hydroxylation sites is 2. The lowest BCUT2D eigenvalue weighted by Gasteiger charge is -2.24. The molecule has 19 heavy (non-hydrogen) atoms. The molecule has 3 nitrogen and oxygen atoms in total. The minimum absolute atomic E-state index is 0.264. The summed E-state index contributed by atoms with van der Waals surface area (Å²) in [4.78, 5) is 4.54. The zero-order valence-corrected chi connectivity index (χ0v) is 11.9. The normalized spacial score (nSPS) is 25.1. The maximum Gasteiger partial charge on any atom is 0.257 e. The van der Waals surface area contributed by atoms with E-state index < -0.39 is 0 Å². The molecular formula is C15H20N2OS. The van der Waals surface area contributed by atoms with Crippen LogP contribution in [0.5, 0.6) is 0 Å². The smallest absolute Gasteiger partial charge is 0.257 e. The Morgan fingerprint density at radius 1 is 1.11 bits per heavy atom. The Bertz CT molecular complexity index is 507. The van der Waals surface area contributed by atoms with Gasteiger partial charge in [-0.25, -0.2) is 4.98 Å². The van der Waals surface area contributed by atoms with Crippen LogP contribution in [0.3, 0.4) is 0 Å². The molecule has 2 unspecified atom stereocenters. The molecule has 0 saturated heterocycles. The van der Waals surface area contributed by atoms with Crippen LogP contribution >= 0.6 is 11.8 Å². The SMILES string of the molecule is NC1CCCCCCC1Sc1nc2ccccc2o1. The van der Waals surface area contributed by atoms with Gasteiger partial charge in [0.05, 0.1) is 0 Å². The van der Waals surface area contributed by atoms with Crippen molar-refractivity contribution in [3.63, 3.8) is 0 Å². The molecule has 0 aliphatic heterocycles. The first kappa shape index (κ1) is 13.0. The number of aromatic nitrogens is 1. The average Bonchev–Trinajstić information content (AvgIpc) is 2.81. The van der Waals surface area contributed by atoms with Gasteiger partial charge in [-0.3, -0.25) is 0 Å². The molecule has 1 saturated carbocycles. The van der Waals surface area contributed by atoms with Gasteiger partial charge in [-0.2, -0.15) is 0 Å². The standard InChI is InChI=1S/C15H20N2OS/c16-11-7-3-1-2-4-10-14(11)19-15-17-12-8-5-6-9-13(12)18-15/h5-6,8-9,11,14H,1-4,7,10,16H2. The van der Waals surface area contributed by atoms with E-state index in [1.165, 1.54) is 32.1 Å². The summed E-state index contributed by atoms with van der Waals surface area (Å²) in [5, 5.41) is 1.20. The van der Waals surface area contributed by atoms with Gasteiger partial charge in [0.15, 0.2) is 5.58 Å². The quantitative estimate of drug-likeness (QED) is 0.901. The van der Waals surface area contributed by atoms with E-state index >= 15 is 0 Å². The highest BCUT2D eigenvalue weighted by atomic mass is 32.2. The fraction of sp³-hybridized carbons (Fsp3) is 0.533. The lowest BCUT2D eigenvalue weighted by atomic mass is 9.97. The number of hydrogen-bond donors (Lipinski definition) is 1. The first-order valence-corrected chi connectivity index (χ1v) is 7.99. The van der Waals surface area contributed by atoms with Gasteiger partial charge in [0.1, 0.15) is 5.52 Å². The molecule has 1 aromatic carbocycles. The van der Waals surface area contributed by atoms with E-state index in [0.29, 0.717) is 5.25 Å². The molecule has 1 fully saturated rings. The first-order valence-electron chi connectivity index (χ1n) is 7.11. The lowest BCUT2D eigenvalue weighted by Crippen LogP contribution is -2.33. The molecule has 1 aromatic heterocycles. The summed E-state index contributed by atoms with van der Waals surface area (Å²) in [5.74, 6) is 0. The Morgan fingerprint density at radius 2 is 1.89 bits per heavy atom. The number of fused-ring (bicyclic) bond motifs is 1. The van der Waals surface area contributed by atoms with Gasteiger partial charge in [-0.15, -0.1) is 0 Å². The zero-order chi connectivity index (χ0) is 13.1. The molecule has 0 spiro atoms. The monoisotopic (exact) mass is 276 g/mol. The van der Waals surface area contributed by atoms with E-state index in [-0.39, 0.29) is 6.04 Å². The second-order valence-corrected chi connectivity index (χ2v) is 6.45. The lowest BCUT2D eigenvalue weighted by molar-refractivity contribution is 0.452. The molecule has 0 radical (unpaired) electrons. The fourth-order valence-corrected chi connectivity index (χ4v) is 3.80. The second kappa shape index (κ2) is 5.97. The predicted molar refractivity (Wildman–Crippen MR) is 79.3 cm³/mol. The number of benzene rings is 1. The van der Waals surface area contributed by atoms with E-state index in [2.05, 4.69) is 4.98 Å². The highest BCUT2D eigenvalue weighted by Gasteiger charge is 2.22. The van der Waals surface area contributed by atoms with Crippen LogP contribution in [0.4, 0.5) is 0 Å². The molecule has 102 valence electrons. The molecule has 0 bridgehead atoms. The Morgan fingerprint density at radius 3 is 2.74 bits per heavy atom. The van der Waals surface area contributed by atoms with Gasteiger partial charge in [-0.1, -0.05) is 49.6 Å². The van der Waals surface area contributed by atoms with E-state index in [4.69, 9.17) is 10.2 Å². The van der Waals surface area contributed by atoms with Crippen molar-refractivity contribution < 1.29 is 4.42 Å². The highest BCUT2D eigenvalue weighted by molar-refractivity contribution is 7.99. The van der Waals surface area contributed by atoms with Crippen LogP contribution in [0.1, 0.15) is 38.5 Å². The van der Waals surface area contributed by atoms with Crippen molar-refractivity contribution in [2.75, 3.05) is 0 Å². The van der Waals surface area contributed by atoms with Crippen LogP contribution in [0.25, 0.3) is 11.1 Å². The van der Waals surface area contributed by atoms with Crippen LogP contribution in [-0.4, -0.2) is 16.3 Å². The van der Waals surface area contributed by atoms with E-state index in [0.717, 1.165) is 22.7 Å². The molecule has 1 aliphatic carbocycles. The maximum absolute atomic E-state index is 6.30. The van der Waals surface area contributed by atoms with Gasteiger partial charge >= 0.3 is 0 Å². The Balaban J connectivity index is 1.74. The third-order valence-corrected chi connectivity index (χ3v) is 5.04. The Labute approximate surface area is 118 Å². The number of rotatable bonds is 2. The summed E-state index contributed by atoms with van der Waals surface area (Å²) in [5.41, 5.74) is 8.10. The topological polar surface area (TPSA) is 52.0 Å². The maximum atomic E-state index is 6.30. The highest BCUT2D eigenvalue weighted by Crippen LogP contribution is 2.32. The molecule has 0 amide bonds. The summed E-state index contributed by atoms with van der Waals surface area (Å²) < 4.78 is 5.79. The number of nitrogens with zero attached hydrogens (tertiary/aromatic N) is 1. The van der Waals surface area contributed by atoms with E-state index in [1.54, 1.807) is 11.8 Å². The Hall–Kier alpha value is -1.00. The number of hydrogen-bond acceptors (Lipinski definition) is 4. The van der Waals surface area contributed by atoms with Gasteiger partial charge in [0.2, 0.25) is 0 Å². The molecule has 2 N–H and O–H groups in total. The van der Waals surface area contributed by atoms with Crippen molar-refractivity contribution in [2.45, 2.75) is 55.0 Å². The molecule has 2 aromatic rings. The van der Waals surface area contributed by atoms with Crippen molar-refractivity contribution in [1.29, 1.82) is 0 Å². The molecular weight excluding hydrogens is 256 g/mol. The third kappa shape index (κ3) is 3.12. The van der Waals surface area contributed by atoms with Gasteiger partial charge in [0, 0.05) is 11.3 Å². The van der Waals surface area contributed by atoms with Crippen molar-refractivity contribution in [2.24, 2.45) is 5.73 Å². The molecule has 4 heteroatoms. The van der Waals surface area contributed by atoms with Gasteiger partial charge < -0.3 is 10.2 Å². The largest absolute Gasteiger partial charge is 0.431 e. The summed E-state index contributed by atoms with van der Waals surface area (Å²) in [6, 6.07) is 8.18. The number of oxazole rings is 1. The Kier molecular flexibility index (Phi) is 4.09. The van der Waals surface area contributed by atoms with Crippen molar-refractivity contribution in [3.05, 3.63) is 24.3 Å². The predicted octanol–water partition coefficient (Wildman–Crippen LogP) is 3.97. The molecule has 2 atom stereocenters.